The van der Waals surface area contributed by atoms with Gasteiger partial charge in [-0.3, -0.25) is 4.90 Å². The van der Waals surface area contributed by atoms with Crippen molar-refractivity contribution in [2.24, 2.45) is 0 Å². The summed E-state index contributed by atoms with van der Waals surface area (Å²) in [6, 6.07) is 9.67. The minimum Gasteiger partial charge on any atom is -0.389 e. The zero-order valence-electron chi connectivity index (χ0n) is 10.1. The van der Waals surface area contributed by atoms with Crippen molar-refractivity contribution in [2.75, 3.05) is 13.1 Å². The van der Waals surface area contributed by atoms with E-state index in [0.717, 1.165) is 5.56 Å². The van der Waals surface area contributed by atoms with Crippen LogP contribution in [-0.4, -0.2) is 62.8 Å². The van der Waals surface area contributed by atoms with E-state index in [2.05, 4.69) is 0 Å². The maximum absolute atomic E-state index is 9.73. The predicted octanol–water partition coefficient (Wildman–Crippen LogP) is -1.05. The smallest absolute Gasteiger partial charge is 0.110 e. The van der Waals surface area contributed by atoms with Crippen LogP contribution >= 0.6 is 0 Å². The lowest BCUT2D eigenvalue weighted by atomic mass is 10.1. The van der Waals surface area contributed by atoms with Crippen molar-refractivity contribution in [3.8, 4) is 0 Å². The van der Waals surface area contributed by atoms with Crippen molar-refractivity contribution >= 4 is 0 Å². The number of aliphatic hydroxyl groups excluding tert-OH is 4. The number of hydrogen-bond donors (Lipinski definition) is 4. The van der Waals surface area contributed by atoms with Crippen molar-refractivity contribution in [3.63, 3.8) is 0 Å². The van der Waals surface area contributed by atoms with Crippen LogP contribution in [0.2, 0.25) is 0 Å². The van der Waals surface area contributed by atoms with E-state index in [9.17, 15) is 20.4 Å². The second-order valence-electron chi connectivity index (χ2n) is 4.80. The fourth-order valence-corrected chi connectivity index (χ4v) is 2.25. The lowest BCUT2D eigenvalue weighted by molar-refractivity contribution is -0.0894. The predicted molar refractivity (Wildman–Crippen MR) is 65.7 cm³/mol. The van der Waals surface area contributed by atoms with Crippen LogP contribution in [-0.2, 0) is 6.54 Å². The molecule has 0 bridgehead atoms. The van der Waals surface area contributed by atoms with Crippen molar-refractivity contribution in [3.05, 3.63) is 35.9 Å². The molecule has 0 spiro atoms. The first kappa shape index (κ1) is 13.5. The largest absolute Gasteiger partial charge is 0.389 e. The van der Waals surface area contributed by atoms with Gasteiger partial charge in [0.15, 0.2) is 0 Å². The first-order valence-electron chi connectivity index (χ1n) is 6.06. The molecule has 2 rings (SSSR count). The Labute approximate surface area is 106 Å². The lowest BCUT2D eigenvalue weighted by Gasteiger charge is -2.23. The van der Waals surface area contributed by atoms with Crippen molar-refractivity contribution < 1.29 is 20.4 Å². The van der Waals surface area contributed by atoms with E-state index in [1.807, 2.05) is 35.2 Å². The molecule has 5 heteroatoms. The van der Waals surface area contributed by atoms with E-state index < -0.39 is 24.4 Å². The first-order chi connectivity index (χ1) is 8.58. The van der Waals surface area contributed by atoms with E-state index in [4.69, 9.17) is 0 Å². The van der Waals surface area contributed by atoms with Crippen LogP contribution in [0.1, 0.15) is 5.56 Å². The lowest BCUT2D eigenvalue weighted by Crippen LogP contribution is -2.43. The van der Waals surface area contributed by atoms with Gasteiger partial charge in [0.25, 0.3) is 0 Å². The second kappa shape index (κ2) is 5.77. The number of hydrogen-bond acceptors (Lipinski definition) is 5. The summed E-state index contributed by atoms with van der Waals surface area (Å²) in [4.78, 5) is 1.82. The fourth-order valence-electron chi connectivity index (χ4n) is 2.25. The van der Waals surface area contributed by atoms with Gasteiger partial charge in [-0.15, -0.1) is 0 Å². The maximum Gasteiger partial charge on any atom is 0.110 e. The molecule has 1 aliphatic heterocycles. The van der Waals surface area contributed by atoms with Gasteiger partial charge in [0, 0.05) is 19.6 Å². The van der Waals surface area contributed by atoms with Crippen LogP contribution in [0, 0.1) is 0 Å². The Morgan fingerprint density at radius 2 is 1.39 bits per heavy atom. The Morgan fingerprint density at radius 3 is 1.89 bits per heavy atom. The molecular weight excluding hydrogens is 234 g/mol. The molecule has 0 radical (unpaired) electrons. The highest BCUT2D eigenvalue weighted by molar-refractivity contribution is 5.14. The van der Waals surface area contributed by atoms with E-state index in [-0.39, 0.29) is 13.1 Å². The molecule has 0 saturated carbocycles. The van der Waals surface area contributed by atoms with Crippen LogP contribution in [0.3, 0.4) is 0 Å². The normalized spacial score (nSPS) is 34.2. The summed E-state index contributed by atoms with van der Waals surface area (Å²) >= 11 is 0. The number of β-amino-alcohol motifs (C(OH)–C–C–N with tert-alkyl or cyclic N) is 2. The quantitative estimate of drug-likeness (QED) is 0.540. The number of likely N-dealkylation sites (tertiary alicyclic amines) is 1. The summed E-state index contributed by atoms with van der Waals surface area (Å²) in [5, 5.41) is 38.7. The molecule has 1 fully saturated rings. The Hall–Kier alpha value is -0.980. The summed E-state index contributed by atoms with van der Waals surface area (Å²) in [5.74, 6) is 0. The molecule has 0 amide bonds. The third-order valence-electron chi connectivity index (χ3n) is 3.28. The first-order valence-corrected chi connectivity index (χ1v) is 6.06. The van der Waals surface area contributed by atoms with Gasteiger partial charge in [0.05, 0.1) is 12.2 Å². The fraction of sp³-hybridized carbons (Fsp3) is 0.538. The molecule has 1 aromatic rings. The minimum absolute atomic E-state index is 0.226. The van der Waals surface area contributed by atoms with E-state index >= 15 is 0 Å². The van der Waals surface area contributed by atoms with E-state index in [1.54, 1.807) is 0 Å². The van der Waals surface area contributed by atoms with Gasteiger partial charge in [0.1, 0.15) is 12.2 Å². The summed E-state index contributed by atoms with van der Waals surface area (Å²) in [5.41, 5.74) is 1.06. The molecule has 1 heterocycles. The average molecular weight is 253 g/mol. The Kier molecular flexibility index (Phi) is 4.31. The molecule has 18 heavy (non-hydrogen) atoms. The van der Waals surface area contributed by atoms with Crippen LogP contribution in [0.15, 0.2) is 30.3 Å². The number of aliphatic hydroxyl groups is 4. The third kappa shape index (κ3) is 3.07. The molecular formula is C13H19NO4. The zero-order valence-corrected chi connectivity index (χ0v) is 10.1. The van der Waals surface area contributed by atoms with Crippen LogP contribution < -0.4 is 0 Å². The van der Waals surface area contributed by atoms with Gasteiger partial charge in [0.2, 0.25) is 0 Å². The molecule has 1 saturated heterocycles. The van der Waals surface area contributed by atoms with Crippen LogP contribution in [0.4, 0.5) is 0 Å². The average Bonchev–Trinajstić information content (AvgIpc) is 2.44. The molecule has 100 valence electrons. The van der Waals surface area contributed by atoms with Crippen molar-refractivity contribution in [1.29, 1.82) is 0 Å². The summed E-state index contributed by atoms with van der Waals surface area (Å²) in [6.07, 6.45) is -4.72. The van der Waals surface area contributed by atoms with Crippen molar-refractivity contribution in [1.82, 2.24) is 4.90 Å². The van der Waals surface area contributed by atoms with Gasteiger partial charge in [-0.2, -0.15) is 0 Å². The van der Waals surface area contributed by atoms with Gasteiger partial charge in [-0.25, -0.2) is 0 Å². The number of nitrogens with zero attached hydrogens (tertiary/aromatic N) is 1. The summed E-state index contributed by atoms with van der Waals surface area (Å²) in [7, 11) is 0. The molecule has 0 aromatic heterocycles. The summed E-state index contributed by atoms with van der Waals surface area (Å²) < 4.78 is 0. The number of rotatable bonds is 2. The highest BCUT2D eigenvalue weighted by atomic mass is 16.4. The van der Waals surface area contributed by atoms with Crippen LogP contribution in [0.25, 0.3) is 0 Å². The third-order valence-corrected chi connectivity index (χ3v) is 3.28. The van der Waals surface area contributed by atoms with Gasteiger partial charge in [-0.1, -0.05) is 30.3 Å². The SMILES string of the molecule is O[C@H]1[C@H](O)[C@H](O)CN(Cc2ccccc2)C[C@H]1O. The minimum atomic E-state index is -1.30. The topological polar surface area (TPSA) is 84.2 Å². The Balaban J connectivity index is 2.05. The van der Waals surface area contributed by atoms with Gasteiger partial charge < -0.3 is 20.4 Å². The summed E-state index contributed by atoms with van der Waals surface area (Å²) in [6.45, 7) is 1.02. The standard InChI is InChI=1S/C13H19NO4/c15-10-7-14(6-9-4-2-1-3-5-9)8-11(16)13(18)12(10)17/h1-5,10-13,15-18H,6-8H2/t10-,11-,12-,13-/m1/s1. The number of benzene rings is 1. The molecule has 5 nitrogen and oxygen atoms in total. The van der Waals surface area contributed by atoms with Crippen LogP contribution in [0.5, 0.6) is 0 Å². The van der Waals surface area contributed by atoms with E-state index in [0.29, 0.717) is 6.54 Å². The zero-order chi connectivity index (χ0) is 13.1. The Bertz CT molecular complexity index is 357. The highest BCUT2D eigenvalue weighted by Gasteiger charge is 2.36. The van der Waals surface area contributed by atoms with Gasteiger partial charge >= 0.3 is 0 Å². The molecule has 0 unspecified atom stereocenters. The molecule has 4 N–H and O–H groups in total. The maximum atomic E-state index is 9.73. The molecule has 1 aromatic carbocycles. The molecule has 1 aliphatic rings. The monoisotopic (exact) mass is 253 g/mol. The van der Waals surface area contributed by atoms with E-state index in [1.165, 1.54) is 0 Å². The molecule has 4 atom stereocenters. The van der Waals surface area contributed by atoms with Gasteiger partial charge in [-0.05, 0) is 5.56 Å². The Morgan fingerprint density at radius 1 is 0.889 bits per heavy atom. The second-order valence-corrected chi connectivity index (χ2v) is 4.80. The molecule has 0 aliphatic carbocycles. The van der Waals surface area contributed by atoms with Crippen molar-refractivity contribution in [2.45, 2.75) is 31.0 Å². The highest BCUT2D eigenvalue weighted by Crippen LogP contribution is 2.15.